The predicted octanol–water partition coefficient (Wildman–Crippen LogP) is 27.6. The van der Waals surface area contributed by atoms with E-state index in [-0.39, 0.29) is 5.28 Å². The van der Waals surface area contributed by atoms with E-state index in [1.165, 1.54) is 132 Å². The van der Waals surface area contributed by atoms with Crippen LogP contribution in [0.3, 0.4) is 0 Å². The highest BCUT2D eigenvalue weighted by Crippen LogP contribution is 2.47. The van der Waals surface area contributed by atoms with Crippen molar-refractivity contribution in [2.45, 2.75) is 0 Å². The number of thiophene rings is 2. The maximum Gasteiger partial charge on any atom is 0.235 e. The predicted molar refractivity (Wildman–Crippen MR) is 451 cm³/mol. The first-order valence-electron chi connectivity index (χ1n) is 35.3. The summed E-state index contributed by atoms with van der Waals surface area (Å²) in [4.78, 5) is 24.0. The number of nitrogens with one attached hydrogen (secondary N) is 1. The van der Waals surface area contributed by atoms with Crippen LogP contribution >= 0.6 is 34.3 Å². The molecule has 18 aromatic carbocycles. The number of halogens is 1. The van der Waals surface area contributed by atoms with Gasteiger partial charge in [0, 0.05) is 111 Å². The molecule has 0 radical (unpaired) electrons. The van der Waals surface area contributed by atoms with E-state index in [4.69, 9.17) is 21.6 Å². The lowest BCUT2D eigenvalue weighted by molar-refractivity contribution is 1.02. The summed E-state index contributed by atoms with van der Waals surface area (Å²) in [5, 5.41) is 32.0. The lowest BCUT2D eigenvalue weighted by Crippen LogP contribution is -2.04. The maximum atomic E-state index is 6.30. The molecular formula is C96H55ClN6S2. The molecule has 6 nitrogen and oxygen atoms in total. The van der Waals surface area contributed by atoms with Gasteiger partial charge in [-0.25, -0.2) is 19.9 Å². The number of hydrogen-bond donors (Lipinski definition) is 1. The number of hydrogen-bond acceptors (Lipinski definition) is 6. The Bertz CT molecular complexity index is 7700. The number of rotatable bonds is 3. The minimum Gasteiger partial charge on any atom is -0.354 e. The molecule has 0 saturated carbocycles. The van der Waals surface area contributed by atoms with Crippen molar-refractivity contribution in [1.82, 2.24) is 29.5 Å². The minimum atomic E-state index is 0.270. The Kier molecular flexibility index (Phi) is 13.4. The van der Waals surface area contributed by atoms with Gasteiger partial charge in [0.2, 0.25) is 11.2 Å². The smallest absolute Gasteiger partial charge is 0.235 e. The van der Waals surface area contributed by atoms with E-state index in [2.05, 4.69) is 323 Å². The normalized spacial score (nSPS) is 12.0. The zero-order valence-corrected chi connectivity index (χ0v) is 58.5. The summed E-state index contributed by atoms with van der Waals surface area (Å²) in [6.45, 7) is 0. The highest BCUT2D eigenvalue weighted by Gasteiger charge is 2.24. The molecule has 1 N–H and O–H groups in total. The SMILES string of the molecule is Clc1nc(-c2cccc3ccccc23)c2ccc3ccccc3c2n1.c1ccc2c(-c3nc(-n4c5cc6c(cc5c5ccc7ccccc7c54)sc4c5ccccc5ccc64)nc4c3ccc3ccccc34)cccc2c1.c1ccc2c(c1)ccc1c3cc4sc5c6ccccc6ccc5c4cc3[nH]c21. The quantitative estimate of drug-likeness (QED) is 0.141. The fourth-order valence-corrected chi connectivity index (χ4v) is 19.4. The van der Waals surface area contributed by atoms with Gasteiger partial charge in [0.15, 0.2) is 0 Å². The first-order chi connectivity index (χ1) is 52.0. The Morgan fingerprint density at radius 3 is 1.21 bits per heavy atom. The molecule has 24 rings (SSSR count). The summed E-state index contributed by atoms with van der Waals surface area (Å²) >= 11 is 10.1. The highest BCUT2D eigenvalue weighted by molar-refractivity contribution is 7.27. The molecule has 0 amide bonds. The summed E-state index contributed by atoms with van der Waals surface area (Å²) < 4.78 is 7.69. The number of H-pyrrole nitrogens is 1. The van der Waals surface area contributed by atoms with Crippen LogP contribution < -0.4 is 0 Å². The van der Waals surface area contributed by atoms with Gasteiger partial charge in [0.1, 0.15) is 0 Å². The summed E-state index contributed by atoms with van der Waals surface area (Å²) in [5.41, 5.74) is 10.5. The second-order valence-corrected chi connectivity index (χ2v) is 29.7. The lowest BCUT2D eigenvalue weighted by Gasteiger charge is -2.15. The Morgan fingerprint density at radius 2 is 0.657 bits per heavy atom. The molecule has 0 saturated heterocycles. The number of aromatic amines is 1. The van der Waals surface area contributed by atoms with Crippen LogP contribution in [-0.4, -0.2) is 29.5 Å². The number of aromatic nitrogens is 6. The second-order valence-electron chi connectivity index (χ2n) is 27.3. The van der Waals surface area contributed by atoms with Crippen LogP contribution in [0.2, 0.25) is 5.28 Å². The van der Waals surface area contributed by atoms with Gasteiger partial charge >= 0.3 is 0 Å². The Balaban J connectivity index is 0.000000109. The molecule has 0 bridgehead atoms. The molecule has 24 aromatic rings. The van der Waals surface area contributed by atoms with Crippen LogP contribution in [0, 0.1) is 0 Å². The van der Waals surface area contributed by atoms with Gasteiger partial charge in [-0.15, -0.1) is 22.7 Å². The molecule has 6 aromatic heterocycles. The molecule has 105 heavy (non-hydrogen) atoms. The van der Waals surface area contributed by atoms with Gasteiger partial charge in [0.25, 0.3) is 0 Å². The highest BCUT2D eigenvalue weighted by atomic mass is 35.5. The van der Waals surface area contributed by atoms with Crippen molar-refractivity contribution < 1.29 is 0 Å². The van der Waals surface area contributed by atoms with Crippen LogP contribution in [0.15, 0.2) is 328 Å². The van der Waals surface area contributed by atoms with E-state index < -0.39 is 0 Å². The summed E-state index contributed by atoms with van der Waals surface area (Å²) in [5.74, 6) is 0.674. The van der Waals surface area contributed by atoms with E-state index in [0.717, 1.165) is 82.3 Å². The molecule has 488 valence electrons. The molecule has 0 aliphatic carbocycles. The monoisotopic (exact) mass is 1390 g/mol. The third-order valence-corrected chi connectivity index (χ3v) is 24.1. The van der Waals surface area contributed by atoms with Crippen molar-refractivity contribution in [2.24, 2.45) is 0 Å². The van der Waals surface area contributed by atoms with Crippen molar-refractivity contribution in [1.29, 1.82) is 0 Å². The molecule has 0 spiro atoms. The first-order valence-corrected chi connectivity index (χ1v) is 37.4. The van der Waals surface area contributed by atoms with Crippen molar-refractivity contribution >= 4 is 226 Å². The topological polar surface area (TPSA) is 72.3 Å². The molecule has 0 fully saturated rings. The summed E-state index contributed by atoms with van der Waals surface area (Å²) in [7, 11) is 0. The van der Waals surface area contributed by atoms with Crippen LogP contribution in [-0.2, 0) is 0 Å². The Hall–Kier alpha value is -13.0. The molecule has 0 atom stereocenters. The molecule has 0 aliphatic heterocycles. The van der Waals surface area contributed by atoms with E-state index in [1.807, 2.05) is 46.9 Å². The summed E-state index contributed by atoms with van der Waals surface area (Å²) in [6.07, 6.45) is 0. The van der Waals surface area contributed by atoms with Gasteiger partial charge in [-0.2, -0.15) is 0 Å². The van der Waals surface area contributed by atoms with E-state index in [9.17, 15) is 0 Å². The molecule has 9 heteroatoms. The van der Waals surface area contributed by atoms with Gasteiger partial charge < -0.3 is 4.98 Å². The second kappa shape index (κ2) is 23.6. The van der Waals surface area contributed by atoms with Crippen molar-refractivity contribution in [2.75, 3.05) is 0 Å². The third-order valence-electron chi connectivity index (χ3n) is 21.5. The zero-order valence-electron chi connectivity index (χ0n) is 56.1. The van der Waals surface area contributed by atoms with Gasteiger partial charge in [-0.05, 0) is 113 Å². The van der Waals surface area contributed by atoms with Gasteiger partial charge in [0.05, 0.1) is 39.0 Å². The van der Waals surface area contributed by atoms with Crippen molar-refractivity contribution in [3.63, 3.8) is 0 Å². The summed E-state index contributed by atoms with van der Waals surface area (Å²) in [6, 6.07) is 117. The third kappa shape index (κ3) is 9.41. The largest absolute Gasteiger partial charge is 0.354 e. The minimum absolute atomic E-state index is 0.270. The Labute approximate surface area is 612 Å². The molecule has 0 aliphatic rings. The van der Waals surface area contributed by atoms with Gasteiger partial charge in [-0.1, -0.05) is 291 Å². The fourth-order valence-electron chi connectivity index (χ4n) is 16.7. The van der Waals surface area contributed by atoms with Crippen LogP contribution in [0.25, 0.3) is 220 Å². The number of fused-ring (bicyclic) bond motifs is 28. The molecule has 6 heterocycles. The maximum absolute atomic E-state index is 6.30. The average Bonchev–Trinajstić information content (AvgIpc) is 1.57. The standard InChI is InChI=1S/C48H27N3S.C26H15NS.C22H13ClN2/c1-5-15-32-28(10-1)14-9-19-36(32)45-39-25-22-29-11-2-6-16-33(29)44(39)49-48(50-45)51-42-26-41-38-24-21-31-13-4-8-18-35(31)47(38)52-43(41)27-40(42)37-23-20-30-12-3-7-17-34(30)46(37)51;1-3-7-17-15(5-1)9-11-19-21-14-24-22(13-23(21)27-25(17)19)20-12-10-16-6-2-4-8-18(16)26(20)28-24;23-22-24-20-17-10-4-2-7-15(17)12-13-19(20)21(25-22)18-11-5-8-14-6-1-3-9-16(14)18/h1-27H;1-14,27H;1-13H. The van der Waals surface area contributed by atoms with Gasteiger partial charge in [-0.3, -0.25) is 4.57 Å². The van der Waals surface area contributed by atoms with E-state index in [1.54, 1.807) is 0 Å². The lowest BCUT2D eigenvalue weighted by atomic mass is 9.98. The average molecular weight is 1390 g/mol. The zero-order chi connectivity index (χ0) is 69.0. The van der Waals surface area contributed by atoms with Crippen LogP contribution in [0.4, 0.5) is 0 Å². The fraction of sp³-hybridized carbons (Fsp3) is 0. The van der Waals surface area contributed by atoms with E-state index in [0.29, 0.717) is 5.95 Å². The Morgan fingerprint density at radius 1 is 0.267 bits per heavy atom. The molecule has 0 unspecified atom stereocenters. The van der Waals surface area contributed by atoms with Crippen molar-refractivity contribution in [3.05, 3.63) is 333 Å². The first kappa shape index (κ1) is 59.7. The number of nitrogens with zero attached hydrogens (tertiary/aromatic N) is 5. The number of benzene rings is 18. The van der Waals surface area contributed by atoms with Crippen molar-refractivity contribution in [3.8, 4) is 28.5 Å². The van der Waals surface area contributed by atoms with E-state index >= 15 is 0 Å². The van der Waals surface area contributed by atoms with Crippen LogP contribution in [0.1, 0.15) is 0 Å². The van der Waals surface area contributed by atoms with Crippen LogP contribution in [0.5, 0.6) is 0 Å². The molecular weight excluding hydrogens is 1340 g/mol.